The number of fused-ring (bicyclic) bond motifs is 1. The van der Waals surface area contributed by atoms with Gasteiger partial charge < -0.3 is 4.74 Å². The van der Waals surface area contributed by atoms with Gasteiger partial charge in [-0.25, -0.2) is 0 Å². The van der Waals surface area contributed by atoms with E-state index in [1.54, 1.807) is 6.26 Å². The van der Waals surface area contributed by atoms with Gasteiger partial charge in [0.25, 0.3) is 0 Å². The predicted octanol–water partition coefficient (Wildman–Crippen LogP) is 3.52. The Bertz CT molecular complexity index is 366. The molecule has 0 N–H and O–H groups in total. The highest BCUT2D eigenvalue weighted by Crippen LogP contribution is 2.37. The molecule has 0 amide bonds. The first-order chi connectivity index (χ1) is 6.09. The molecule has 0 saturated heterocycles. The molecule has 0 fully saturated rings. The Labute approximate surface area is 83.0 Å². The van der Waals surface area contributed by atoms with Crippen LogP contribution in [0.3, 0.4) is 0 Å². The first kappa shape index (κ1) is 8.64. The zero-order valence-electron chi connectivity index (χ0n) is 7.67. The SMILES string of the molecule is CC1(C)C=COc2ccc(Cl)cc21. The smallest absolute Gasteiger partial charge is 0.130 e. The van der Waals surface area contributed by atoms with E-state index in [1.165, 1.54) is 0 Å². The molecule has 0 aliphatic carbocycles. The van der Waals surface area contributed by atoms with Crippen LogP contribution in [0.15, 0.2) is 30.5 Å². The molecule has 0 unspecified atom stereocenters. The molecule has 2 heteroatoms. The lowest BCUT2D eigenvalue weighted by Gasteiger charge is -2.27. The second-order valence-corrected chi connectivity index (χ2v) is 4.22. The second-order valence-electron chi connectivity index (χ2n) is 3.78. The highest BCUT2D eigenvalue weighted by Gasteiger charge is 2.24. The lowest BCUT2D eigenvalue weighted by Crippen LogP contribution is -2.18. The molecule has 0 spiro atoms. The average Bonchev–Trinajstić information content (AvgIpc) is 2.06. The fraction of sp³-hybridized carbons (Fsp3) is 0.273. The van der Waals surface area contributed by atoms with Crippen LogP contribution in [0, 0.1) is 0 Å². The summed E-state index contributed by atoms with van der Waals surface area (Å²) in [5.41, 5.74) is 1.15. The van der Waals surface area contributed by atoms with Crippen LogP contribution in [-0.4, -0.2) is 0 Å². The van der Waals surface area contributed by atoms with Gasteiger partial charge in [0.2, 0.25) is 0 Å². The van der Waals surface area contributed by atoms with Gasteiger partial charge in [-0.2, -0.15) is 0 Å². The van der Waals surface area contributed by atoms with E-state index in [9.17, 15) is 0 Å². The van der Waals surface area contributed by atoms with Crippen LogP contribution in [0.4, 0.5) is 0 Å². The largest absolute Gasteiger partial charge is 0.465 e. The molecule has 1 aromatic carbocycles. The van der Waals surface area contributed by atoms with Crippen LogP contribution >= 0.6 is 11.6 Å². The van der Waals surface area contributed by atoms with Crippen molar-refractivity contribution in [2.24, 2.45) is 0 Å². The van der Waals surface area contributed by atoms with Gasteiger partial charge in [0.05, 0.1) is 6.26 Å². The summed E-state index contributed by atoms with van der Waals surface area (Å²) >= 11 is 5.92. The molecule has 0 radical (unpaired) electrons. The average molecular weight is 195 g/mol. The molecule has 1 nitrogen and oxygen atoms in total. The maximum atomic E-state index is 5.92. The third kappa shape index (κ3) is 1.44. The Balaban J connectivity index is 2.60. The van der Waals surface area contributed by atoms with E-state index >= 15 is 0 Å². The van der Waals surface area contributed by atoms with Crippen molar-refractivity contribution in [2.45, 2.75) is 19.3 Å². The fourth-order valence-corrected chi connectivity index (χ4v) is 1.65. The minimum atomic E-state index is 0.0124. The summed E-state index contributed by atoms with van der Waals surface area (Å²) in [5.74, 6) is 0.900. The summed E-state index contributed by atoms with van der Waals surface area (Å²) in [6.07, 6.45) is 3.77. The van der Waals surface area contributed by atoms with Crippen molar-refractivity contribution in [1.29, 1.82) is 0 Å². The number of hydrogen-bond acceptors (Lipinski definition) is 1. The number of rotatable bonds is 0. The third-order valence-electron chi connectivity index (χ3n) is 2.32. The number of benzene rings is 1. The molecular weight excluding hydrogens is 184 g/mol. The van der Waals surface area contributed by atoms with Gasteiger partial charge in [-0.15, -0.1) is 0 Å². The summed E-state index contributed by atoms with van der Waals surface area (Å²) in [6.45, 7) is 4.28. The van der Waals surface area contributed by atoms with E-state index in [0.717, 1.165) is 16.3 Å². The normalized spacial score (nSPS) is 17.8. The predicted molar refractivity (Wildman–Crippen MR) is 54.2 cm³/mol. The lowest BCUT2D eigenvalue weighted by atomic mass is 9.83. The molecule has 0 bridgehead atoms. The van der Waals surface area contributed by atoms with E-state index < -0.39 is 0 Å². The van der Waals surface area contributed by atoms with E-state index in [4.69, 9.17) is 16.3 Å². The maximum absolute atomic E-state index is 5.92. The van der Waals surface area contributed by atoms with Gasteiger partial charge in [-0.3, -0.25) is 0 Å². The van der Waals surface area contributed by atoms with E-state index in [0.29, 0.717) is 0 Å². The molecular formula is C11H11ClO. The molecule has 2 rings (SSSR count). The van der Waals surface area contributed by atoms with E-state index in [1.807, 2.05) is 24.3 Å². The van der Waals surface area contributed by atoms with Gasteiger partial charge >= 0.3 is 0 Å². The van der Waals surface area contributed by atoms with Crippen molar-refractivity contribution in [3.05, 3.63) is 41.1 Å². The lowest BCUT2D eigenvalue weighted by molar-refractivity contribution is 0.431. The number of halogens is 1. The van der Waals surface area contributed by atoms with Crippen LogP contribution in [0.5, 0.6) is 5.75 Å². The van der Waals surface area contributed by atoms with Crippen molar-refractivity contribution in [3.8, 4) is 5.75 Å². The van der Waals surface area contributed by atoms with E-state index in [-0.39, 0.29) is 5.41 Å². The standard InChI is InChI=1S/C11H11ClO/c1-11(2)5-6-13-10-4-3-8(12)7-9(10)11/h3-7H,1-2H3. The molecule has 68 valence electrons. The first-order valence-electron chi connectivity index (χ1n) is 4.24. The summed E-state index contributed by atoms with van der Waals surface area (Å²) in [7, 11) is 0. The van der Waals surface area contributed by atoms with Crippen molar-refractivity contribution in [3.63, 3.8) is 0 Å². The van der Waals surface area contributed by atoms with Crippen LogP contribution in [0.2, 0.25) is 5.02 Å². The molecule has 1 heterocycles. The van der Waals surface area contributed by atoms with Crippen LogP contribution < -0.4 is 4.74 Å². The Morgan fingerprint density at radius 3 is 2.85 bits per heavy atom. The van der Waals surface area contributed by atoms with Crippen molar-refractivity contribution < 1.29 is 4.74 Å². The Hall–Kier alpha value is -0.950. The quantitative estimate of drug-likeness (QED) is 0.614. The molecule has 0 saturated carbocycles. The first-order valence-corrected chi connectivity index (χ1v) is 4.62. The van der Waals surface area contributed by atoms with Crippen molar-refractivity contribution in [1.82, 2.24) is 0 Å². The van der Waals surface area contributed by atoms with Crippen molar-refractivity contribution in [2.75, 3.05) is 0 Å². The second kappa shape index (κ2) is 2.78. The molecule has 0 atom stereocenters. The van der Waals surface area contributed by atoms with Gasteiger partial charge in [0.1, 0.15) is 5.75 Å². The topological polar surface area (TPSA) is 9.23 Å². The highest BCUT2D eigenvalue weighted by atomic mass is 35.5. The highest BCUT2D eigenvalue weighted by molar-refractivity contribution is 6.30. The van der Waals surface area contributed by atoms with E-state index in [2.05, 4.69) is 13.8 Å². The summed E-state index contributed by atoms with van der Waals surface area (Å²) < 4.78 is 5.37. The molecule has 1 aliphatic heterocycles. The van der Waals surface area contributed by atoms with Crippen LogP contribution in [0.25, 0.3) is 0 Å². The summed E-state index contributed by atoms with van der Waals surface area (Å²) in [5, 5.41) is 0.755. The number of ether oxygens (including phenoxy) is 1. The summed E-state index contributed by atoms with van der Waals surface area (Å²) in [6, 6.07) is 5.71. The number of allylic oxidation sites excluding steroid dienone is 1. The minimum Gasteiger partial charge on any atom is -0.465 e. The third-order valence-corrected chi connectivity index (χ3v) is 2.55. The number of hydrogen-bond donors (Lipinski definition) is 0. The molecule has 13 heavy (non-hydrogen) atoms. The van der Waals surface area contributed by atoms with Gasteiger partial charge in [-0.1, -0.05) is 25.4 Å². The van der Waals surface area contributed by atoms with Crippen LogP contribution in [-0.2, 0) is 5.41 Å². The Morgan fingerprint density at radius 2 is 2.08 bits per heavy atom. The summed E-state index contributed by atoms with van der Waals surface area (Å²) in [4.78, 5) is 0. The van der Waals surface area contributed by atoms with Crippen LogP contribution in [0.1, 0.15) is 19.4 Å². The zero-order chi connectivity index (χ0) is 9.47. The van der Waals surface area contributed by atoms with Gasteiger partial charge in [0.15, 0.2) is 0 Å². The Kier molecular flexibility index (Phi) is 1.85. The molecule has 0 aromatic heterocycles. The fourth-order valence-electron chi connectivity index (χ4n) is 1.48. The molecule has 1 aliphatic rings. The zero-order valence-corrected chi connectivity index (χ0v) is 8.43. The maximum Gasteiger partial charge on any atom is 0.130 e. The van der Waals surface area contributed by atoms with Crippen molar-refractivity contribution >= 4 is 11.6 Å². The molecule has 1 aromatic rings. The van der Waals surface area contributed by atoms with Gasteiger partial charge in [0, 0.05) is 16.0 Å². The monoisotopic (exact) mass is 194 g/mol. The Morgan fingerprint density at radius 1 is 1.31 bits per heavy atom. The van der Waals surface area contributed by atoms with Gasteiger partial charge in [-0.05, 0) is 24.3 Å². The minimum absolute atomic E-state index is 0.0124.